The molecule has 2 heterocycles. The van der Waals surface area contributed by atoms with Crippen molar-refractivity contribution in [1.29, 1.82) is 0 Å². The zero-order valence-electron chi connectivity index (χ0n) is 11.3. The van der Waals surface area contributed by atoms with Gasteiger partial charge in [-0.25, -0.2) is 4.98 Å². The molecule has 0 saturated heterocycles. The van der Waals surface area contributed by atoms with Gasteiger partial charge in [-0.15, -0.1) is 0 Å². The van der Waals surface area contributed by atoms with Crippen LogP contribution in [0, 0.1) is 0 Å². The van der Waals surface area contributed by atoms with Gasteiger partial charge in [0.25, 0.3) is 5.91 Å². The van der Waals surface area contributed by atoms with Gasteiger partial charge in [0, 0.05) is 19.3 Å². The van der Waals surface area contributed by atoms with Crippen molar-refractivity contribution in [1.82, 2.24) is 15.5 Å². The monoisotopic (exact) mass is 275 g/mol. The molecule has 6 nitrogen and oxygen atoms in total. The first-order valence-corrected chi connectivity index (χ1v) is 6.82. The Morgan fingerprint density at radius 3 is 2.95 bits per heavy atom. The summed E-state index contributed by atoms with van der Waals surface area (Å²) in [5.74, 6) is 0.0170. The van der Waals surface area contributed by atoms with Crippen molar-refractivity contribution >= 4 is 16.9 Å². The molecule has 6 heteroatoms. The molecule has 0 radical (unpaired) electrons. The minimum absolute atomic E-state index is 0.172. The Kier molecular flexibility index (Phi) is 3.64. The second-order valence-electron chi connectivity index (χ2n) is 5.07. The van der Waals surface area contributed by atoms with Gasteiger partial charge in [-0.05, 0) is 37.8 Å². The van der Waals surface area contributed by atoms with Crippen LogP contribution in [0.15, 0.2) is 22.9 Å². The first kappa shape index (κ1) is 13.1. The summed E-state index contributed by atoms with van der Waals surface area (Å²) in [6.45, 7) is 0. The summed E-state index contributed by atoms with van der Waals surface area (Å²) in [7, 11) is 1.73. The van der Waals surface area contributed by atoms with Crippen molar-refractivity contribution in [3.63, 3.8) is 0 Å². The normalized spacial score (nSPS) is 22.9. The third kappa shape index (κ3) is 2.51. The Morgan fingerprint density at radius 2 is 2.20 bits per heavy atom. The van der Waals surface area contributed by atoms with Gasteiger partial charge in [-0.3, -0.25) is 4.79 Å². The van der Waals surface area contributed by atoms with Crippen molar-refractivity contribution in [2.45, 2.75) is 37.8 Å². The van der Waals surface area contributed by atoms with E-state index in [2.05, 4.69) is 15.5 Å². The smallest absolute Gasteiger partial charge is 0.290 e. The van der Waals surface area contributed by atoms with Crippen LogP contribution in [-0.4, -0.2) is 35.3 Å². The van der Waals surface area contributed by atoms with Crippen LogP contribution in [0.2, 0.25) is 0 Å². The van der Waals surface area contributed by atoms with Crippen LogP contribution >= 0.6 is 0 Å². The summed E-state index contributed by atoms with van der Waals surface area (Å²) in [6.07, 6.45) is 5.74. The molecular formula is C14H17N3O3. The maximum atomic E-state index is 12.2. The lowest BCUT2D eigenvalue weighted by atomic mass is 9.93. The molecule has 106 valence electrons. The number of carbonyl (C=O) groups is 1. The zero-order valence-corrected chi connectivity index (χ0v) is 11.3. The Balaban J connectivity index is 1.68. The van der Waals surface area contributed by atoms with Gasteiger partial charge < -0.3 is 14.6 Å². The summed E-state index contributed by atoms with van der Waals surface area (Å²) >= 11 is 0. The van der Waals surface area contributed by atoms with Crippen LogP contribution in [0.5, 0.6) is 0 Å². The zero-order chi connectivity index (χ0) is 13.9. The van der Waals surface area contributed by atoms with E-state index in [4.69, 9.17) is 9.26 Å². The lowest BCUT2D eigenvalue weighted by Gasteiger charge is -2.27. The van der Waals surface area contributed by atoms with E-state index in [9.17, 15) is 4.79 Å². The number of ether oxygens (including phenoxy) is 1. The minimum atomic E-state index is -0.221. The highest BCUT2D eigenvalue weighted by Crippen LogP contribution is 2.22. The fourth-order valence-electron chi connectivity index (χ4n) is 2.64. The molecule has 1 fully saturated rings. The third-order valence-electron chi connectivity index (χ3n) is 3.80. The van der Waals surface area contributed by atoms with E-state index in [1.807, 2.05) is 0 Å². The predicted molar refractivity (Wildman–Crippen MR) is 72.3 cm³/mol. The van der Waals surface area contributed by atoms with Crippen molar-refractivity contribution < 1.29 is 14.1 Å². The summed E-state index contributed by atoms with van der Waals surface area (Å²) in [5, 5.41) is 7.44. The van der Waals surface area contributed by atoms with Crippen molar-refractivity contribution in [2.75, 3.05) is 7.11 Å². The van der Waals surface area contributed by atoms with E-state index >= 15 is 0 Å². The largest absolute Gasteiger partial charge is 0.381 e. The summed E-state index contributed by atoms with van der Waals surface area (Å²) in [5.41, 5.74) is 0.459. The summed E-state index contributed by atoms with van der Waals surface area (Å²) in [4.78, 5) is 16.3. The van der Waals surface area contributed by atoms with Gasteiger partial charge in [0.1, 0.15) is 0 Å². The van der Waals surface area contributed by atoms with E-state index in [1.165, 1.54) is 0 Å². The van der Waals surface area contributed by atoms with Gasteiger partial charge in [-0.1, -0.05) is 5.16 Å². The van der Waals surface area contributed by atoms with Gasteiger partial charge in [-0.2, -0.15) is 0 Å². The SMILES string of the molecule is COC1CCC(NC(=O)c2onc3ncccc23)CC1. The van der Waals surface area contributed by atoms with E-state index in [0.29, 0.717) is 17.1 Å². The van der Waals surface area contributed by atoms with Gasteiger partial charge in [0.05, 0.1) is 11.5 Å². The maximum Gasteiger partial charge on any atom is 0.290 e. The standard InChI is InChI=1S/C14H17N3O3/c1-19-10-6-4-9(5-7-10)16-14(18)12-11-3-2-8-15-13(11)17-20-12/h2-3,8-10H,4-7H2,1H3,(H,16,18). The molecule has 1 aliphatic rings. The highest BCUT2D eigenvalue weighted by Gasteiger charge is 2.25. The number of rotatable bonds is 3. The quantitative estimate of drug-likeness (QED) is 0.925. The Hall–Kier alpha value is -1.95. The molecule has 2 aromatic rings. The molecular weight excluding hydrogens is 258 g/mol. The highest BCUT2D eigenvalue weighted by atomic mass is 16.5. The number of aromatic nitrogens is 2. The number of pyridine rings is 1. The van der Waals surface area contributed by atoms with E-state index in [1.54, 1.807) is 25.4 Å². The first-order chi connectivity index (χ1) is 9.78. The first-order valence-electron chi connectivity index (χ1n) is 6.82. The molecule has 0 aliphatic heterocycles. The van der Waals surface area contributed by atoms with Crippen LogP contribution in [0.4, 0.5) is 0 Å². The molecule has 3 rings (SSSR count). The lowest BCUT2D eigenvalue weighted by molar-refractivity contribution is 0.0593. The number of fused-ring (bicyclic) bond motifs is 1. The van der Waals surface area contributed by atoms with Crippen LogP contribution < -0.4 is 5.32 Å². The fraction of sp³-hybridized carbons (Fsp3) is 0.500. The molecule has 0 bridgehead atoms. The number of methoxy groups -OCH3 is 1. The molecule has 2 aromatic heterocycles. The van der Waals surface area contributed by atoms with Gasteiger partial charge >= 0.3 is 0 Å². The molecule has 1 aliphatic carbocycles. The molecule has 0 unspecified atom stereocenters. The van der Waals surface area contributed by atoms with Crippen molar-refractivity contribution in [3.05, 3.63) is 24.1 Å². The molecule has 0 spiro atoms. The van der Waals surface area contributed by atoms with Crippen LogP contribution in [-0.2, 0) is 4.74 Å². The van der Waals surface area contributed by atoms with Gasteiger partial charge in [0.15, 0.2) is 0 Å². The van der Waals surface area contributed by atoms with E-state index in [0.717, 1.165) is 25.7 Å². The van der Waals surface area contributed by atoms with Crippen molar-refractivity contribution in [3.8, 4) is 0 Å². The molecule has 0 atom stereocenters. The van der Waals surface area contributed by atoms with Crippen LogP contribution in [0.25, 0.3) is 11.0 Å². The predicted octanol–water partition coefficient (Wildman–Crippen LogP) is 1.91. The lowest BCUT2D eigenvalue weighted by Crippen LogP contribution is -2.38. The Morgan fingerprint density at radius 1 is 1.40 bits per heavy atom. The molecule has 1 N–H and O–H groups in total. The Bertz CT molecular complexity index is 602. The second-order valence-corrected chi connectivity index (χ2v) is 5.07. The number of amides is 1. The second kappa shape index (κ2) is 5.58. The number of nitrogens with one attached hydrogen (secondary N) is 1. The minimum Gasteiger partial charge on any atom is -0.381 e. The van der Waals surface area contributed by atoms with Crippen LogP contribution in [0.3, 0.4) is 0 Å². The van der Waals surface area contributed by atoms with Crippen molar-refractivity contribution in [2.24, 2.45) is 0 Å². The summed E-state index contributed by atoms with van der Waals surface area (Å²) in [6, 6.07) is 3.72. The van der Waals surface area contributed by atoms with E-state index < -0.39 is 0 Å². The Labute approximate surface area is 116 Å². The number of nitrogens with zero attached hydrogens (tertiary/aromatic N) is 2. The molecule has 1 saturated carbocycles. The van der Waals surface area contributed by atoms with Crippen LogP contribution in [0.1, 0.15) is 36.2 Å². The molecule has 1 amide bonds. The third-order valence-corrected chi connectivity index (χ3v) is 3.80. The number of carbonyl (C=O) groups excluding carboxylic acids is 1. The average molecular weight is 275 g/mol. The highest BCUT2D eigenvalue weighted by molar-refractivity contribution is 6.02. The topological polar surface area (TPSA) is 77.2 Å². The number of hydrogen-bond donors (Lipinski definition) is 1. The molecule has 20 heavy (non-hydrogen) atoms. The maximum absolute atomic E-state index is 12.2. The average Bonchev–Trinajstić information content (AvgIpc) is 2.92. The van der Waals surface area contributed by atoms with Gasteiger partial charge in [0.2, 0.25) is 11.4 Å². The summed E-state index contributed by atoms with van der Waals surface area (Å²) < 4.78 is 10.4. The van der Waals surface area contributed by atoms with E-state index in [-0.39, 0.29) is 17.7 Å². The number of hydrogen-bond acceptors (Lipinski definition) is 5. The fourth-order valence-corrected chi connectivity index (χ4v) is 2.64. The molecule has 0 aromatic carbocycles.